The lowest BCUT2D eigenvalue weighted by Gasteiger charge is -2.18. The van der Waals surface area contributed by atoms with Crippen molar-refractivity contribution >= 4 is 11.6 Å². The predicted octanol–water partition coefficient (Wildman–Crippen LogP) is 4.35. The smallest absolute Gasteiger partial charge is 0.180 e. The second-order valence-electron chi connectivity index (χ2n) is 6.06. The number of hydrogen-bond donors (Lipinski definition) is 2. The lowest BCUT2D eigenvalue weighted by Crippen LogP contribution is -2.21. The Hall–Kier alpha value is -1.75. The molecule has 0 radical (unpaired) electrons. The van der Waals surface area contributed by atoms with Crippen LogP contribution < -0.4 is 14.8 Å². The third-order valence-electron chi connectivity index (χ3n) is 3.57. The zero-order chi connectivity index (χ0) is 18.2. The van der Waals surface area contributed by atoms with Crippen molar-refractivity contribution in [2.24, 2.45) is 0 Å². The van der Waals surface area contributed by atoms with E-state index in [4.69, 9.17) is 21.1 Å². The number of hydrogen-bond acceptors (Lipinski definition) is 4. The third-order valence-corrected chi connectivity index (χ3v) is 3.85. The summed E-state index contributed by atoms with van der Waals surface area (Å²) in [6, 6.07) is 13.4. The highest BCUT2D eigenvalue weighted by atomic mass is 35.5. The Morgan fingerprint density at radius 1 is 1.16 bits per heavy atom. The molecule has 0 bridgehead atoms. The summed E-state index contributed by atoms with van der Waals surface area (Å²) < 4.78 is 11.4. The second kappa shape index (κ2) is 9.66. The van der Waals surface area contributed by atoms with Crippen molar-refractivity contribution in [3.63, 3.8) is 0 Å². The van der Waals surface area contributed by atoms with E-state index in [0.717, 1.165) is 11.1 Å². The Kier molecular flexibility index (Phi) is 7.56. The van der Waals surface area contributed by atoms with Crippen LogP contribution in [-0.2, 0) is 6.54 Å². The molecule has 25 heavy (non-hydrogen) atoms. The van der Waals surface area contributed by atoms with Crippen molar-refractivity contribution in [1.29, 1.82) is 0 Å². The van der Waals surface area contributed by atoms with Gasteiger partial charge in [0.15, 0.2) is 11.5 Å². The molecule has 0 saturated carbocycles. The van der Waals surface area contributed by atoms with E-state index in [1.54, 1.807) is 0 Å². The molecule has 1 atom stereocenters. The molecule has 0 unspecified atom stereocenters. The molecule has 2 aromatic rings. The average Bonchev–Trinajstić information content (AvgIpc) is 2.58. The van der Waals surface area contributed by atoms with E-state index in [-0.39, 0.29) is 6.10 Å². The van der Waals surface area contributed by atoms with Gasteiger partial charge in [-0.1, -0.05) is 41.9 Å². The molecule has 2 rings (SSSR count). The molecule has 0 spiro atoms. The predicted molar refractivity (Wildman–Crippen MR) is 101 cm³/mol. The van der Waals surface area contributed by atoms with Gasteiger partial charge < -0.3 is 19.9 Å². The Morgan fingerprint density at radius 2 is 1.88 bits per heavy atom. The first-order valence-corrected chi connectivity index (χ1v) is 8.94. The Balaban J connectivity index is 2.02. The summed E-state index contributed by atoms with van der Waals surface area (Å²) in [4.78, 5) is 0. The van der Waals surface area contributed by atoms with Gasteiger partial charge in [-0.15, -0.1) is 0 Å². The number of benzene rings is 2. The minimum absolute atomic E-state index is 0.0155. The molecule has 2 N–H and O–H groups in total. The Labute approximate surface area is 154 Å². The van der Waals surface area contributed by atoms with E-state index in [0.29, 0.717) is 36.2 Å². The van der Waals surface area contributed by atoms with Crippen LogP contribution in [0.15, 0.2) is 42.5 Å². The first-order chi connectivity index (χ1) is 12.0. The molecule has 0 aliphatic heterocycles. The Bertz CT molecular complexity index is 661. The van der Waals surface area contributed by atoms with Gasteiger partial charge in [-0.25, -0.2) is 0 Å². The fraction of sp³-hybridized carbons (Fsp3) is 0.400. The molecule has 0 aliphatic rings. The Morgan fingerprint density at radius 3 is 2.52 bits per heavy atom. The number of halogens is 1. The van der Waals surface area contributed by atoms with Crippen LogP contribution in [0.5, 0.6) is 11.5 Å². The molecule has 0 aromatic heterocycles. The summed E-state index contributed by atoms with van der Waals surface area (Å²) in [5.74, 6) is 1.22. The third kappa shape index (κ3) is 5.92. The molecule has 5 heteroatoms. The van der Waals surface area contributed by atoms with Crippen LogP contribution in [-0.4, -0.2) is 24.4 Å². The van der Waals surface area contributed by atoms with Crippen LogP contribution in [0.25, 0.3) is 0 Å². The molecule has 2 aromatic carbocycles. The van der Waals surface area contributed by atoms with Crippen LogP contribution in [0.4, 0.5) is 0 Å². The fourth-order valence-corrected chi connectivity index (χ4v) is 2.76. The van der Waals surface area contributed by atoms with E-state index in [1.807, 2.05) is 63.2 Å². The maximum Gasteiger partial charge on any atom is 0.180 e. The monoisotopic (exact) mass is 363 g/mol. The summed E-state index contributed by atoms with van der Waals surface area (Å²) in [5.41, 5.74) is 1.87. The highest BCUT2D eigenvalue weighted by Gasteiger charge is 2.14. The minimum Gasteiger partial charge on any atom is -0.490 e. The maximum atomic E-state index is 10.2. The molecule has 0 amide bonds. The maximum absolute atomic E-state index is 10.2. The number of aliphatic hydroxyl groups excluding tert-OH is 1. The van der Waals surface area contributed by atoms with Gasteiger partial charge in [0.05, 0.1) is 23.8 Å². The van der Waals surface area contributed by atoms with Crippen LogP contribution in [0.1, 0.15) is 38.0 Å². The fourth-order valence-electron chi connectivity index (χ4n) is 2.48. The summed E-state index contributed by atoms with van der Waals surface area (Å²) in [5, 5.41) is 14.0. The molecule has 4 nitrogen and oxygen atoms in total. The average molecular weight is 364 g/mol. The van der Waals surface area contributed by atoms with Crippen LogP contribution >= 0.6 is 11.6 Å². The number of aliphatic hydroxyl groups is 1. The lowest BCUT2D eigenvalue weighted by atomic mass is 10.1. The first-order valence-electron chi connectivity index (χ1n) is 8.56. The SMILES string of the molecule is CCOc1cc(CNC[C@H](O)c2ccccc2)cc(Cl)c1OC(C)C. The van der Waals surface area contributed by atoms with Crippen LogP contribution in [0.3, 0.4) is 0 Å². The summed E-state index contributed by atoms with van der Waals surface area (Å²) >= 11 is 6.37. The van der Waals surface area contributed by atoms with Gasteiger partial charge in [-0.2, -0.15) is 0 Å². The van der Waals surface area contributed by atoms with Gasteiger partial charge in [0.25, 0.3) is 0 Å². The zero-order valence-electron chi connectivity index (χ0n) is 15.0. The quantitative estimate of drug-likeness (QED) is 0.695. The highest BCUT2D eigenvalue weighted by molar-refractivity contribution is 6.32. The molecule has 0 aliphatic carbocycles. The first kappa shape index (κ1) is 19.6. The van der Waals surface area contributed by atoms with Crippen LogP contribution in [0, 0.1) is 0 Å². The molecule has 0 fully saturated rings. The van der Waals surface area contributed by atoms with Crippen molar-refractivity contribution in [2.45, 2.75) is 39.5 Å². The van der Waals surface area contributed by atoms with Gasteiger partial charge in [0.2, 0.25) is 0 Å². The molecule has 136 valence electrons. The van der Waals surface area contributed by atoms with Crippen molar-refractivity contribution in [3.05, 3.63) is 58.6 Å². The van der Waals surface area contributed by atoms with Crippen molar-refractivity contribution in [2.75, 3.05) is 13.2 Å². The van der Waals surface area contributed by atoms with E-state index >= 15 is 0 Å². The summed E-state index contributed by atoms with van der Waals surface area (Å²) in [6.07, 6.45) is -0.534. The van der Waals surface area contributed by atoms with E-state index in [2.05, 4.69) is 5.32 Å². The number of rotatable bonds is 9. The van der Waals surface area contributed by atoms with Gasteiger partial charge in [0, 0.05) is 13.1 Å². The number of nitrogens with one attached hydrogen (secondary N) is 1. The largest absolute Gasteiger partial charge is 0.490 e. The highest BCUT2D eigenvalue weighted by Crippen LogP contribution is 2.37. The van der Waals surface area contributed by atoms with Gasteiger partial charge >= 0.3 is 0 Å². The zero-order valence-corrected chi connectivity index (χ0v) is 15.7. The second-order valence-corrected chi connectivity index (χ2v) is 6.47. The summed E-state index contributed by atoms with van der Waals surface area (Å²) in [6.45, 7) is 7.39. The molecular weight excluding hydrogens is 338 g/mol. The van der Waals surface area contributed by atoms with Crippen molar-refractivity contribution in [1.82, 2.24) is 5.32 Å². The van der Waals surface area contributed by atoms with Gasteiger partial charge in [0.1, 0.15) is 0 Å². The van der Waals surface area contributed by atoms with Crippen molar-refractivity contribution in [3.8, 4) is 11.5 Å². The van der Waals surface area contributed by atoms with Gasteiger partial charge in [-0.05, 0) is 44.0 Å². The van der Waals surface area contributed by atoms with E-state index in [1.165, 1.54) is 0 Å². The van der Waals surface area contributed by atoms with E-state index < -0.39 is 6.10 Å². The van der Waals surface area contributed by atoms with E-state index in [9.17, 15) is 5.11 Å². The lowest BCUT2D eigenvalue weighted by molar-refractivity contribution is 0.174. The normalized spacial score (nSPS) is 12.2. The standard InChI is InChI=1S/C20H26ClNO3/c1-4-24-19-11-15(10-17(21)20(19)25-14(2)3)12-22-13-18(23)16-8-6-5-7-9-16/h5-11,14,18,22-23H,4,12-13H2,1-3H3/t18-/m0/s1. The van der Waals surface area contributed by atoms with Crippen LogP contribution in [0.2, 0.25) is 5.02 Å². The molecular formula is C20H26ClNO3. The minimum atomic E-state index is -0.549. The summed E-state index contributed by atoms with van der Waals surface area (Å²) in [7, 11) is 0. The van der Waals surface area contributed by atoms with Crippen molar-refractivity contribution < 1.29 is 14.6 Å². The molecule has 0 heterocycles. The topological polar surface area (TPSA) is 50.7 Å². The van der Waals surface area contributed by atoms with Gasteiger partial charge in [-0.3, -0.25) is 0 Å². The molecule has 0 saturated heterocycles. The number of ether oxygens (including phenoxy) is 2.